The largest absolute Gasteiger partial charge is 0.493 e. The Hall–Kier alpha value is -2.84. The fourth-order valence-corrected chi connectivity index (χ4v) is 4.10. The number of ether oxygens (including phenoxy) is 2. The van der Waals surface area contributed by atoms with Gasteiger partial charge < -0.3 is 14.8 Å². The predicted molar refractivity (Wildman–Crippen MR) is 119 cm³/mol. The van der Waals surface area contributed by atoms with Gasteiger partial charge in [-0.25, -0.2) is 4.98 Å². The lowest BCUT2D eigenvalue weighted by molar-refractivity contribution is 0.0938. The highest BCUT2D eigenvalue weighted by Gasteiger charge is 2.19. The molecule has 1 aliphatic heterocycles. The first kappa shape index (κ1) is 21.4. The smallest absolute Gasteiger partial charge is 0.251 e. The van der Waals surface area contributed by atoms with E-state index in [9.17, 15) is 4.79 Å². The molecule has 1 fully saturated rings. The number of nitrogens with one attached hydrogen (secondary N) is 1. The zero-order valence-electron chi connectivity index (χ0n) is 17.9. The SMILES string of the molecule is Cc1ccc([C@@H](C)NC(=O)c2cc(OC[C@@H]3CCOC3)cc(-c3ncc(C)s3)c2)nn1. The van der Waals surface area contributed by atoms with Crippen molar-refractivity contribution in [3.8, 4) is 16.3 Å². The summed E-state index contributed by atoms with van der Waals surface area (Å²) in [5, 5.41) is 12.1. The molecule has 2 atom stereocenters. The zero-order valence-corrected chi connectivity index (χ0v) is 18.7. The standard InChI is InChI=1S/C23H26N4O3S/c1-14-4-5-21(27-26-14)16(3)25-22(28)18-8-19(23-24-11-15(2)31-23)10-20(9-18)30-13-17-6-7-29-12-17/h4-5,8-11,16-17H,6-7,12-13H2,1-3H3,(H,25,28)/t16-,17-/m1/s1. The molecule has 3 aromatic rings. The number of carbonyl (C=O) groups excluding carboxylic acids is 1. The molecule has 4 rings (SSSR count). The van der Waals surface area contributed by atoms with Crippen LogP contribution < -0.4 is 10.1 Å². The number of rotatable bonds is 7. The van der Waals surface area contributed by atoms with Gasteiger partial charge in [0.2, 0.25) is 0 Å². The number of thiazole rings is 1. The Labute approximate surface area is 185 Å². The minimum atomic E-state index is -0.272. The van der Waals surface area contributed by atoms with E-state index >= 15 is 0 Å². The van der Waals surface area contributed by atoms with Crippen LogP contribution in [0.3, 0.4) is 0 Å². The fraction of sp³-hybridized carbons (Fsp3) is 0.391. The summed E-state index contributed by atoms with van der Waals surface area (Å²) in [6.07, 6.45) is 2.83. The van der Waals surface area contributed by atoms with Gasteiger partial charge in [-0.05, 0) is 57.5 Å². The summed E-state index contributed by atoms with van der Waals surface area (Å²) >= 11 is 1.59. The number of carbonyl (C=O) groups is 1. The highest BCUT2D eigenvalue weighted by Crippen LogP contribution is 2.30. The van der Waals surface area contributed by atoms with Crippen molar-refractivity contribution >= 4 is 17.2 Å². The molecule has 3 heterocycles. The van der Waals surface area contributed by atoms with Gasteiger partial charge in [0.05, 0.1) is 30.6 Å². The first-order chi connectivity index (χ1) is 15.0. The highest BCUT2D eigenvalue weighted by atomic mass is 32.1. The lowest BCUT2D eigenvalue weighted by atomic mass is 10.1. The Kier molecular flexibility index (Phi) is 6.58. The fourth-order valence-electron chi connectivity index (χ4n) is 3.35. The van der Waals surface area contributed by atoms with E-state index in [2.05, 4.69) is 20.5 Å². The molecular formula is C23H26N4O3S. The maximum Gasteiger partial charge on any atom is 0.251 e. The molecule has 1 saturated heterocycles. The van der Waals surface area contributed by atoms with Crippen molar-refractivity contribution in [1.29, 1.82) is 0 Å². The lowest BCUT2D eigenvalue weighted by Crippen LogP contribution is -2.27. The Morgan fingerprint density at radius 3 is 2.84 bits per heavy atom. The maximum atomic E-state index is 13.0. The molecule has 162 valence electrons. The molecule has 1 aliphatic rings. The van der Waals surface area contributed by atoms with E-state index in [0.29, 0.717) is 36.1 Å². The number of hydrogen-bond acceptors (Lipinski definition) is 7. The molecular weight excluding hydrogens is 412 g/mol. The van der Waals surface area contributed by atoms with Gasteiger partial charge in [0.25, 0.3) is 5.91 Å². The second-order valence-electron chi connectivity index (χ2n) is 7.86. The highest BCUT2D eigenvalue weighted by molar-refractivity contribution is 7.14. The molecule has 1 aromatic carbocycles. The average Bonchev–Trinajstić information content (AvgIpc) is 3.44. The number of benzene rings is 1. The van der Waals surface area contributed by atoms with Crippen LogP contribution in [0.4, 0.5) is 0 Å². The Morgan fingerprint density at radius 2 is 2.16 bits per heavy atom. The van der Waals surface area contributed by atoms with E-state index in [0.717, 1.165) is 34.2 Å². The van der Waals surface area contributed by atoms with Crippen molar-refractivity contribution < 1.29 is 14.3 Å². The number of amides is 1. The molecule has 0 saturated carbocycles. The van der Waals surface area contributed by atoms with Crippen molar-refractivity contribution in [2.24, 2.45) is 5.92 Å². The normalized spacial score (nSPS) is 16.8. The van der Waals surface area contributed by atoms with Crippen molar-refractivity contribution in [1.82, 2.24) is 20.5 Å². The lowest BCUT2D eigenvalue weighted by Gasteiger charge is -2.15. The van der Waals surface area contributed by atoms with E-state index in [1.165, 1.54) is 0 Å². The maximum absolute atomic E-state index is 13.0. The third kappa shape index (κ3) is 5.45. The predicted octanol–water partition coefficient (Wildman–Crippen LogP) is 4.12. The summed E-state index contributed by atoms with van der Waals surface area (Å²) in [5.41, 5.74) is 2.94. The van der Waals surface area contributed by atoms with Gasteiger partial charge in [0.15, 0.2) is 0 Å². The molecule has 0 radical (unpaired) electrons. The molecule has 7 nitrogen and oxygen atoms in total. The van der Waals surface area contributed by atoms with E-state index in [-0.39, 0.29) is 11.9 Å². The molecule has 1 N–H and O–H groups in total. The van der Waals surface area contributed by atoms with E-state index in [1.807, 2.05) is 51.2 Å². The van der Waals surface area contributed by atoms with Crippen LogP contribution in [0.15, 0.2) is 36.5 Å². The summed E-state index contributed by atoms with van der Waals surface area (Å²) in [5.74, 6) is 0.840. The number of aromatic nitrogens is 3. The van der Waals surface area contributed by atoms with Gasteiger partial charge >= 0.3 is 0 Å². The van der Waals surface area contributed by atoms with Crippen LogP contribution >= 0.6 is 11.3 Å². The summed E-state index contributed by atoms with van der Waals surface area (Å²) in [6, 6.07) is 9.07. The van der Waals surface area contributed by atoms with Crippen LogP contribution in [0.25, 0.3) is 10.6 Å². The van der Waals surface area contributed by atoms with Gasteiger partial charge in [-0.2, -0.15) is 10.2 Å². The third-order valence-corrected chi connectivity index (χ3v) is 6.12. The van der Waals surface area contributed by atoms with Crippen molar-refractivity contribution in [3.63, 3.8) is 0 Å². The minimum Gasteiger partial charge on any atom is -0.493 e. The molecule has 0 bridgehead atoms. The Morgan fingerprint density at radius 1 is 1.29 bits per heavy atom. The van der Waals surface area contributed by atoms with Crippen molar-refractivity contribution in [2.75, 3.05) is 19.8 Å². The first-order valence-electron chi connectivity index (χ1n) is 10.4. The Balaban J connectivity index is 1.56. The second-order valence-corrected chi connectivity index (χ2v) is 9.09. The van der Waals surface area contributed by atoms with Crippen LogP contribution in [0.5, 0.6) is 5.75 Å². The molecule has 0 unspecified atom stereocenters. The van der Waals surface area contributed by atoms with E-state index in [1.54, 1.807) is 17.4 Å². The topological polar surface area (TPSA) is 86.2 Å². The summed E-state index contributed by atoms with van der Waals surface area (Å²) in [4.78, 5) is 18.6. The van der Waals surface area contributed by atoms with Crippen molar-refractivity contribution in [2.45, 2.75) is 33.2 Å². The molecule has 0 aliphatic carbocycles. The quantitative estimate of drug-likeness (QED) is 0.597. The summed E-state index contributed by atoms with van der Waals surface area (Å²) in [6.45, 7) is 7.85. The van der Waals surface area contributed by atoms with Crippen LogP contribution in [0, 0.1) is 19.8 Å². The van der Waals surface area contributed by atoms with E-state index in [4.69, 9.17) is 9.47 Å². The number of nitrogens with zero attached hydrogens (tertiary/aromatic N) is 3. The van der Waals surface area contributed by atoms with Crippen LogP contribution in [-0.2, 0) is 4.74 Å². The van der Waals surface area contributed by atoms with Gasteiger partial charge in [0.1, 0.15) is 10.8 Å². The van der Waals surface area contributed by atoms with Crippen LogP contribution in [0.1, 0.15) is 46.0 Å². The number of hydrogen-bond donors (Lipinski definition) is 1. The van der Waals surface area contributed by atoms with Crippen LogP contribution in [0.2, 0.25) is 0 Å². The van der Waals surface area contributed by atoms with Gasteiger partial charge in [-0.3, -0.25) is 4.79 Å². The average molecular weight is 439 g/mol. The molecule has 1 amide bonds. The molecule has 8 heteroatoms. The number of aryl methyl sites for hydroxylation is 2. The third-order valence-electron chi connectivity index (χ3n) is 5.16. The van der Waals surface area contributed by atoms with Gasteiger partial charge in [-0.1, -0.05) is 0 Å². The second kappa shape index (κ2) is 9.53. The zero-order chi connectivity index (χ0) is 21.8. The van der Waals surface area contributed by atoms with E-state index < -0.39 is 0 Å². The first-order valence-corrected chi connectivity index (χ1v) is 11.2. The summed E-state index contributed by atoms with van der Waals surface area (Å²) in [7, 11) is 0. The van der Waals surface area contributed by atoms with Gasteiger partial charge in [-0.15, -0.1) is 11.3 Å². The summed E-state index contributed by atoms with van der Waals surface area (Å²) < 4.78 is 11.5. The van der Waals surface area contributed by atoms with Crippen molar-refractivity contribution in [3.05, 3.63) is 58.4 Å². The Bertz CT molecular complexity index is 1050. The molecule has 31 heavy (non-hydrogen) atoms. The monoisotopic (exact) mass is 438 g/mol. The van der Waals surface area contributed by atoms with Crippen LogP contribution in [-0.4, -0.2) is 40.9 Å². The van der Waals surface area contributed by atoms with Gasteiger partial charge in [0, 0.05) is 34.7 Å². The molecule has 2 aromatic heterocycles. The minimum absolute atomic E-state index is 0.195. The molecule has 0 spiro atoms.